The van der Waals surface area contributed by atoms with Gasteiger partial charge in [-0.15, -0.1) is 0 Å². The van der Waals surface area contributed by atoms with Crippen molar-refractivity contribution in [3.63, 3.8) is 0 Å². The fourth-order valence-corrected chi connectivity index (χ4v) is 1.72. The number of ether oxygens (including phenoxy) is 1. The van der Waals surface area contributed by atoms with Crippen LogP contribution in [0.5, 0.6) is 0 Å². The van der Waals surface area contributed by atoms with E-state index in [1.165, 1.54) is 0 Å². The van der Waals surface area contributed by atoms with Crippen LogP contribution in [0.3, 0.4) is 0 Å². The van der Waals surface area contributed by atoms with Gasteiger partial charge in [-0.3, -0.25) is 4.57 Å². The molecule has 1 aliphatic rings. The highest BCUT2D eigenvalue weighted by molar-refractivity contribution is 5.23. The van der Waals surface area contributed by atoms with Crippen molar-refractivity contribution < 1.29 is 23.7 Å². The number of aliphatic hydroxyl groups is 2. The minimum atomic E-state index is -3.71. The Bertz CT molecular complexity index is 507. The number of hydrogen-bond donors (Lipinski definition) is 3. The van der Waals surface area contributed by atoms with Gasteiger partial charge in [0.25, 0.3) is 0 Å². The summed E-state index contributed by atoms with van der Waals surface area (Å²) in [7, 11) is 0. The first-order valence-corrected chi connectivity index (χ1v) is 5.04. The van der Waals surface area contributed by atoms with Crippen LogP contribution < -0.4 is 11.4 Å². The maximum atomic E-state index is 13.7. The van der Waals surface area contributed by atoms with E-state index in [1.54, 1.807) is 0 Å². The molecule has 0 saturated carbocycles. The van der Waals surface area contributed by atoms with Gasteiger partial charge in [-0.25, -0.2) is 4.79 Å². The molecule has 0 aliphatic carbocycles. The highest BCUT2D eigenvalue weighted by Crippen LogP contribution is 2.41. The molecule has 1 aliphatic heterocycles. The van der Waals surface area contributed by atoms with E-state index in [1.807, 2.05) is 0 Å². The quantitative estimate of drug-likeness (QED) is 0.612. The number of anilines is 1. The largest absolute Gasteiger partial charge is 0.394 e. The summed E-state index contributed by atoms with van der Waals surface area (Å²) < 4.78 is 32.7. The third-order valence-electron chi connectivity index (χ3n) is 2.66. The molecule has 4 N–H and O–H groups in total. The first kappa shape index (κ1) is 12.9. The Labute approximate surface area is 99.4 Å². The molecule has 1 saturated heterocycles. The van der Waals surface area contributed by atoms with E-state index in [9.17, 15) is 18.7 Å². The summed E-state index contributed by atoms with van der Waals surface area (Å²) >= 11 is 0. The fraction of sp³-hybridized carbons (Fsp3) is 0.556. The van der Waals surface area contributed by atoms with Crippen molar-refractivity contribution in [2.24, 2.45) is 0 Å². The van der Waals surface area contributed by atoms with Gasteiger partial charge in [-0.05, 0) is 6.07 Å². The van der Waals surface area contributed by atoms with Crippen LogP contribution in [0.1, 0.15) is 6.23 Å². The van der Waals surface area contributed by atoms with Crippen molar-refractivity contribution >= 4 is 5.82 Å². The average Bonchev–Trinajstić information content (AvgIpc) is 2.52. The first-order valence-electron chi connectivity index (χ1n) is 5.04. The lowest BCUT2D eigenvalue weighted by molar-refractivity contribution is -0.140. The Morgan fingerprint density at radius 2 is 2.28 bits per heavy atom. The number of nitrogen functional groups attached to an aromatic ring is 1. The predicted molar refractivity (Wildman–Crippen MR) is 54.9 cm³/mol. The highest BCUT2D eigenvalue weighted by atomic mass is 19.3. The normalized spacial score (nSPS) is 30.6. The monoisotopic (exact) mass is 263 g/mol. The van der Waals surface area contributed by atoms with E-state index in [0.29, 0.717) is 4.57 Å². The minimum absolute atomic E-state index is 0.114. The second-order valence-corrected chi connectivity index (χ2v) is 3.87. The summed E-state index contributed by atoms with van der Waals surface area (Å²) in [5, 5.41) is 18.1. The van der Waals surface area contributed by atoms with E-state index in [0.717, 1.165) is 12.3 Å². The molecule has 18 heavy (non-hydrogen) atoms. The molecule has 100 valence electrons. The lowest BCUT2D eigenvalue weighted by Crippen LogP contribution is -2.41. The Morgan fingerprint density at radius 3 is 2.78 bits per heavy atom. The van der Waals surface area contributed by atoms with Crippen LogP contribution in [0, 0.1) is 0 Å². The maximum Gasteiger partial charge on any atom is 0.351 e. The molecule has 2 rings (SSSR count). The molecule has 1 aromatic heterocycles. The average molecular weight is 263 g/mol. The van der Waals surface area contributed by atoms with E-state index in [4.69, 9.17) is 15.6 Å². The number of aliphatic hydroxyl groups excluding tert-OH is 2. The van der Waals surface area contributed by atoms with Gasteiger partial charge in [0, 0.05) is 6.20 Å². The summed E-state index contributed by atoms with van der Waals surface area (Å²) in [5.41, 5.74) is 4.21. The molecule has 0 aromatic carbocycles. The predicted octanol–water partition coefficient (Wildman–Crippen LogP) is -1.29. The number of halogens is 2. The molecule has 1 fully saturated rings. The summed E-state index contributed by atoms with van der Waals surface area (Å²) in [6.07, 6.45) is -4.69. The number of aromatic nitrogens is 2. The topological polar surface area (TPSA) is 111 Å². The van der Waals surface area contributed by atoms with Gasteiger partial charge in [0.15, 0.2) is 6.10 Å². The molecular formula is C9H11F2N3O4. The third kappa shape index (κ3) is 1.85. The van der Waals surface area contributed by atoms with Gasteiger partial charge < -0.3 is 20.7 Å². The summed E-state index contributed by atoms with van der Waals surface area (Å²) in [5.74, 6) is -3.83. The molecule has 3 atom stereocenters. The molecule has 0 spiro atoms. The minimum Gasteiger partial charge on any atom is -0.394 e. The van der Waals surface area contributed by atoms with E-state index in [2.05, 4.69) is 4.98 Å². The van der Waals surface area contributed by atoms with Gasteiger partial charge in [0.2, 0.25) is 6.23 Å². The zero-order valence-electron chi connectivity index (χ0n) is 9.03. The Hall–Kier alpha value is -1.58. The molecule has 7 nitrogen and oxygen atoms in total. The molecule has 0 radical (unpaired) electrons. The smallest absolute Gasteiger partial charge is 0.351 e. The lowest BCUT2D eigenvalue weighted by Gasteiger charge is -2.20. The van der Waals surface area contributed by atoms with E-state index in [-0.39, 0.29) is 5.82 Å². The van der Waals surface area contributed by atoms with Crippen molar-refractivity contribution in [1.29, 1.82) is 0 Å². The van der Waals surface area contributed by atoms with Crippen LogP contribution in [-0.4, -0.2) is 44.5 Å². The molecule has 9 heteroatoms. The third-order valence-corrected chi connectivity index (χ3v) is 2.66. The van der Waals surface area contributed by atoms with Gasteiger partial charge in [-0.2, -0.15) is 13.8 Å². The number of nitrogens with zero attached hydrogens (tertiary/aromatic N) is 2. The van der Waals surface area contributed by atoms with Crippen LogP contribution in [-0.2, 0) is 4.74 Å². The summed E-state index contributed by atoms with van der Waals surface area (Å²) in [6.45, 7) is -0.787. The molecule has 2 heterocycles. The van der Waals surface area contributed by atoms with Crippen LogP contribution in [0.15, 0.2) is 17.1 Å². The lowest BCUT2D eigenvalue weighted by atomic mass is 10.1. The second-order valence-electron chi connectivity index (χ2n) is 3.87. The fourth-order valence-electron chi connectivity index (χ4n) is 1.72. The molecule has 0 bridgehead atoms. The van der Waals surface area contributed by atoms with Gasteiger partial charge in [0.1, 0.15) is 11.9 Å². The van der Waals surface area contributed by atoms with Crippen LogP contribution in [0.2, 0.25) is 0 Å². The van der Waals surface area contributed by atoms with E-state index < -0.39 is 36.7 Å². The zero-order valence-corrected chi connectivity index (χ0v) is 9.03. The Balaban J connectivity index is 2.42. The van der Waals surface area contributed by atoms with Crippen molar-refractivity contribution in [2.45, 2.75) is 24.4 Å². The van der Waals surface area contributed by atoms with Gasteiger partial charge in [-0.1, -0.05) is 0 Å². The SMILES string of the molecule is Nc1ccn(C2OC(CO)[C@@H](O)C2(F)F)c(=O)n1. The van der Waals surface area contributed by atoms with Crippen LogP contribution in [0.4, 0.5) is 14.6 Å². The molecular weight excluding hydrogens is 252 g/mol. The van der Waals surface area contributed by atoms with Gasteiger partial charge >= 0.3 is 11.6 Å². The number of alkyl halides is 2. The molecule has 2 unspecified atom stereocenters. The van der Waals surface area contributed by atoms with Crippen molar-refractivity contribution in [3.05, 3.63) is 22.7 Å². The van der Waals surface area contributed by atoms with E-state index >= 15 is 0 Å². The number of nitrogens with two attached hydrogens (primary N) is 1. The number of rotatable bonds is 2. The highest BCUT2D eigenvalue weighted by Gasteiger charge is 2.59. The molecule has 1 aromatic rings. The Kier molecular flexibility index (Phi) is 3.05. The summed E-state index contributed by atoms with van der Waals surface area (Å²) in [6, 6.07) is 1.15. The summed E-state index contributed by atoms with van der Waals surface area (Å²) in [4.78, 5) is 14.7. The van der Waals surface area contributed by atoms with Crippen LogP contribution in [0.25, 0.3) is 0 Å². The first-order chi connectivity index (χ1) is 8.37. The van der Waals surface area contributed by atoms with Crippen molar-refractivity contribution in [3.8, 4) is 0 Å². The standard InChI is InChI=1S/C9H11F2N3O4/c10-9(11)6(16)4(3-15)18-7(9)14-2-1-5(12)13-8(14)17/h1-2,4,6-7,15-16H,3H2,(H2,12,13,17)/t4?,6-,7?/m1/s1. The number of hydrogen-bond acceptors (Lipinski definition) is 6. The zero-order chi connectivity index (χ0) is 13.5. The van der Waals surface area contributed by atoms with Gasteiger partial charge in [0.05, 0.1) is 6.61 Å². The molecule has 0 amide bonds. The van der Waals surface area contributed by atoms with Crippen LogP contribution >= 0.6 is 0 Å². The van der Waals surface area contributed by atoms with Crippen molar-refractivity contribution in [2.75, 3.05) is 12.3 Å². The maximum absolute atomic E-state index is 13.7. The Morgan fingerprint density at radius 1 is 1.61 bits per heavy atom. The second kappa shape index (κ2) is 4.26. The van der Waals surface area contributed by atoms with Crippen molar-refractivity contribution in [1.82, 2.24) is 9.55 Å².